The Morgan fingerprint density at radius 2 is 2.00 bits per heavy atom. The Bertz CT molecular complexity index is 1010. The molecule has 140 valence electrons. The van der Waals surface area contributed by atoms with Crippen LogP contribution in [0.15, 0.2) is 53.5 Å². The van der Waals surface area contributed by atoms with Crippen LogP contribution in [0.1, 0.15) is 5.56 Å². The molecule has 3 aromatic rings. The van der Waals surface area contributed by atoms with Gasteiger partial charge in [-0.3, -0.25) is 14.3 Å². The summed E-state index contributed by atoms with van der Waals surface area (Å²) in [7, 11) is 1.60. The van der Waals surface area contributed by atoms with Crippen LogP contribution in [-0.4, -0.2) is 36.0 Å². The fraction of sp³-hybridized carbons (Fsp3) is 0.250. The summed E-state index contributed by atoms with van der Waals surface area (Å²) in [5.74, 6) is 0.315. The summed E-state index contributed by atoms with van der Waals surface area (Å²) in [6.45, 7) is 2.76. The van der Waals surface area contributed by atoms with Crippen LogP contribution < -0.4 is 15.5 Å². The standard InChI is InChI=1S/C20H21N3O4/c1-14-7-8-16(19(11-14)27-10-9-26-2)22-20(25)13-23-17-6-4-3-5-15(17)18(24)12-21-23/h3-8,11-12H,9-10,13H2,1-2H3,(H,22,25). The van der Waals surface area contributed by atoms with Crippen molar-refractivity contribution in [3.63, 3.8) is 0 Å². The van der Waals surface area contributed by atoms with Gasteiger partial charge in [0.1, 0.15) is 18.9 Å². The SMILES string of the molecule is COCCOc1cc(C)ccc1NC(=O)Cn1ncc(=O)c2ccccc21. The first-order valence-corrected chi connectivity index (χ1v) is 8.55. The monoisotopic (exact) mass is 367 g/mol. The summed E-state index contributed by atoms with van der Waals surface area (Å²) in [6.07, 6.45) is 1.22. The van der Waals surface area contributed by atoms with Crippen LogP contribution in [0.4, 0.5) is 5.69 Å². The first-order valence-electron chi connectivity index (χ1n) is 8.55. The average molecular weight is 367 g/mol. The minimum atomic E-state index is -0.267. The highest BCUT2D eigenvalue weighted by Gasteiger charge is 2.11. The molecule has 0 saturated carbocycles. The number of fused-ring (bicyclic) bond motifs is 1. The molecule has 0 unspecified atom stereocenters. The van der Waals surface area contributed by atoms with E-state index in [1.54, 1.807) is 37.4 Å². The molecule has 1 amide bonds. The lowest BCUT2D eigenvalue weighted by atomic mass is 10.2. The van der Waals surface area contributed by atoms with E-state index in [1.165, 1.54) is 10.9 Å². The molecule has 7 nitrogen and oxygen atoms in total. The second kappa shape index (κ2) is 8.46. The number of rotatable bonds is 7. The number of ether oxygens (including phenoxy) is 2. The number of aryl methyl sites for hydroxylation is 1. The number of nitrogens with one attached hydrogen (secondary N) is 1. The number of hydrogen-bond acceptors (Lipinski definition) is 5. The first kappa shape index (κ1) is 18.6. The van der Waals surface area contributed by atoms with Crippen molar-refractivity contribution in [1.29, 1.82) is 0 Å². The van der Waals surface area contributed by atoms with Gasteiger partial charge in [0, 0.05) is 12.5 Å². The van der Waals surface area contributed by atoms with E-state index in [2.05, 4.69) is 10.4 Å². The third kappa shape index (κ3) is 4.51. The topological polar surface area (TPSA) is 82.4 Å². The Hall–Kier alpha value is -3.19. The molecular formula is C20H21N3O4. The Kier molecular flexibility index (Phi) is 5.83. The van der Waals surface area contributed by atoms with E-state index in [1.807, 2.05) is 19.1 Å². The number of amides is 1. The predicted octanol–water partition coefficient (Wildman–Crippen LogP) is 2.37. The number of benzene rings is 2. The van der Waals surface area contributed by atoms with Gasteiger partial charge >= 0.3 is 0 Å². The lowest BCUT2D eigenvalue weighted by Gasteiger charge is -2.14. The van der Waals surface area contributed by atoms with Crippen LogP contribution >= 0.6 is 0 Å². The highest BCUT2D eigenvalue weighted by atomic mass is 16.5. The number of anilines is 1. The first-order chi connectivity index (χ1) is 13.1. The van der Waals surface area contributed by atoms with Crippen molar-refractivity contribution in [2.75, 3.05) is 25.6 Å². The largest absolute Gasteiger partial charge is 0.489 e. The van der Waals surface area contributed by atoms with Gasteiger partial charge in [-0.25, -0.2) is 0 Å². The highest BCUT2D eigenvalue weighted by Crippen LogP contribution is 2.26. The number of hydrogen-bond donors (Lipinski definition) is 1. The van der Waals surface area contributed by atoms with E-state index in [9.17, 15) is 9.59 Å². The lowest BCUT2D eigenvalue weighted by molar-refractivity contribution is -0.116. The molecule has 0 aliphatic heterocycles. The summed E-state index contributed by atoms with van der Waals surface area (Å²) in [4.78, 5) is 24.5. The second-order valence-electron chi connectivity index (χ2n) is 6.07. The van der Waals surface area contributed by atoms with Crippen molar-refractivity contribution in [2.45, 2.75) is 13.5 Å². The molecule has 27 heavy (non-hydrogen) atoms. The molecule has 0 bridgehead atoms. The van der Waals surface area contributed by atoms with Crippen LogP contribution in [0.3, 0.4) is 0 Å². The Balaban J connectivity index is 1.79. The van der Waals surface area contributed by atoms with Crippen LogP contribution in [0, 0.1) is 6.92 Å². The second-order valence-corrected chi connectivity index (χ2v) is 6.07. The van der Waals surface area contributed by atoms with Crippen molar-refractivity contribution in [2.24, 2.45) is 0 Å². The Morgan fingerprint density at radius 1 is 1.19 bits per heavy atom. The number of methoxy groups -OCH3 is 1. The third-order valence-electron chi connectivity index (χ3n) is 4.01. The molecule has 0 fully saturated rings. The molecule has 0 saturated heterocycles. The van der Waals surface area contributed by atoms with Crippen molar-refractivity contribution >= 4 is 22.5 Å². The average Bonchev–Trinajstić information content (AvgIpc) is 2.66. The number of carbonyl (C=O) groups excluding carboxylic acids is 1. The molecule has 0 aliphatic carbocycles. The van der Waals surface area contributed by atoms with Crippen LogP contribution in [-0.2, 0) is 16.1 Å². The van der Waals surface area contributed by atoms with E-state index in [0.29, 0.717) is 35.6 Å². The normalized spacial score (nSPS) is 10.7. The van der Waals surface area contributed by atoms with Gasteiger partial charge in [0.05, 0.1) is 24.0 Å². The van der Waals surface area contributed by atoms with E-state index >= 15 is 0 Å². The van der Waals surface area contributed by atoms with Gasteiger partial charge < -0.3 is 14.8 Å². The molecule has 0 spiro atoms. The van der Waals surface area contributed by atoms with E-state index in [0.717, 1.165) is 5.56 Å². The number of aromatic nitrogens is 2. The molecule has 3 rings (SSSR count). The van der Waals surface area contributed by atoms with Crippen molar-refractivity contribution in [3.8, 4) is 5.75 Å². The molecule has 0 aliphatic rings. The van der Waals surface area contributed by atoms with Crippen molar-refractivity contribution in [1.82, 2.24) is 9.78 Å². The predicted molar refractivity (Wildman–Crippen MR) is 103 cm³/mol. The number of carbonyl (C=O) groups is 1. The molecule has 1 N–H and O–H groups in total. The van der Waals surface area contributed by atoms with Gasteiger partial charge in [-0.1, -0.05) is 18.2 Å². The minimum absolute atomic E-state index is 0.0216. The summed E-state index contributed by atoms with van der Waals surface area (Å²) in [6, 6.07) is 12.6. The summed E-state index contributed by atoms with van der Waals surface area (Å²) < 4.78 is 12.2. The zero-order valence-corrected chi connectivity index (χ0v) is 15.3. The van der Waals surface area contributed by atoms with Gasteiger partial charge in [-0.2, -0.15) is 5.10 Å². The molecule has 1 aromatic heterocycles. The Labute approximate surface area is 156 Å². The molecule has 2 aromatic carbocycles. The Morgan fingerprint density at radius 3 is 2.81 bits per heavy atom. The van der Waals surface area contributed by atoms with Gasteiger partial charge in [-0.05, 0) is 36.8 Å². The summed E-state index contributed by atoms with van der Waals surface area (Å²) in [5.41, 5.74) is 2.04. The smallest absolute Gasteiger partial charge is 0.246 e. The lowest BCUT2D eigenvalue weighted by Crippen LogP contribution is -2.23. The zero-order chi connectivity index (χ0) is 19.2. The fourth-order valence-electron chi connectivity index (χ4n) is 2.70. The van der Waals surface area contributed by atoms with Gasteiger partial charge in [0.25, 0.3) is 0 Å². The van der Waals surface area contributed by atoms with Crippen LogP contribution in [0.5, 0.6) is 5.75 Å². The van der Waals surface area contributed by atoms with Crippen molar-refractivity contribution < 1.29 is 14.3 Å². The molecule has 7 heteroatoms. The maximum Gasteiger partial charge on any atom is 0.246 e. The van der Waals surface area contributed by atoms with E-state index < -0.39 is 0 Å². The molecule has 1 heterocycles. The molecule has 0 atom stereocenters. The van der Waals surface area contributed by atoms with Crippen LogP contribution in [0.2, 0.25) is 0 Å². The zero-order valence-electron chi connectivity index (χ0n) is 15.3. The van der Waals surface area contributed by atoms with Crippen LogP contribution in [0.25, 0.3) is 10.9 Å². The van der Waals surface area contributed by atoms with Gasteiger partial charge in [0.2, 0.25) is 11.3 Å². The summed E-state index contributed by atoms with van der Waals surface area (Å²) >= 11 is 0. The van der Waals surface area contributed by atoms with Gasteiger partial charge in [-0.15, -0.1) is 0 Å². The minimum Gasteiger partial charge on any atom is -0.489 e. The quantitative estimate of drug-likeness (QED) is 0.648. The maximum absolute atomic E-state index is 12.5. The number of para-hydroxylation sites is 1. The highest BCUT2D eigenvalue weighted by molar-refractivity contribution is 5.93. The summed E-state index contributed by atoms with van der Waals surface area (Å²) in [5, 5.41) is 7.46. The van der Waals surface area contributed by atoms with Gasteiger partial charge in [0.15, 0.2) is 0 Å². The maximum atomic E-state index is 12.5. The fourth-order valence-corrected chi connectivity index (χ4v) is 2.70. The van der Waals surface area contributed by atoms with Crippen molar-refractivity contribution in [3.05, 3.63) is 64.4 Å². The molecular weight excluding hydrogens is 346 g/mol. The van der Waals surface area contributed by atoms with E-state index in [-0.39, 0.29) is 17.9 Å². The molecule has 0 radical (unpaired) electrons. The van der Waals surface area contributed by atoms with E-state index in [4.69, 9.17) is 9.47 Å². The number of nitrogens with zero attached hydrogens (tertiary/aromatic N) is 2. The third-order valence-corrected chi connectivity index (χ3v) is 4.01.